The van der Waals surface area contributed by atoms with Gasteiger partial charge in [0.05, 0.1) is 22.0 Å². The van der Waals surface area contributed by atoms with E-state index in [0.29, 0.717) is 49.6 Å². The average Bonchev–Trinajstić information content (AvgIpc) is 3.70. The second kappa shape index (κ2) is 11.6. The molecule has 214 valence electrons. The van der Waals surface area contributed by atoms with Gasteiger partial charge in [-0.05, 0) is 55.5 Å². The molecule has 2 aliphatic rings. The first-order valence-electron chi connectivity index (χ1n) is 13.5. The third kappa shape index (κ3) is 5.87. The third-order valence-electron chi connectivity index (χ3n) is 7.40. The van der Waals surface area contributed by atoms with Crippen LogP contribution < -0.4 is 11.1 Å². The summed E-state index contributed by atoms with van der Waals surface area (Å²) in [6.45, 7) is 2.12. The van der Waals surface area contributed by atoms with E-state index < -0.39 is 20.9 Å². The van der Waals surface area contributed by atoms with Crippen LogP contribution >= 0.6 is 0 Å². The van der Waals surface area contributed by atoms with Gasteiger partial charge >= 0.3 is 0 Å². The van der Waals surface area contributed by atoms with Gasteiger partial charge in [-0.3, -0.25) is 5.32 Å². The molecule has 0 radical (unpaired) electrons. The quantitative estimate of drug-likeness (QED) is 0.309. The van der Waals surface area contributed by atoms with E-state index in [1.54, 1.807) is 36.4 Å². The number of nitrogens with zero attached hydrogens (tertiary/aromatic N) is 3. The largest absolute Gasteiger partial charge is 0.382 e. The third-order valence-corrected chi connectivity index (χ3v) is 9.68. The van der Waals surface area contributed by atoms with Gasteiger partial charge in [-0.25, -0.2) is 22.8 Å². The summed E-state index contributed by atoms with van der Waals surface area (Å²) < 4.78 is 57.4. The summed E-state index contributed by atoms with van der Waals surface area (Å²) in [5, 5.41) is 6.86. The molecule has 0 bridgehead atoms. The highest BCUT2D eigenvalue weighted by atomic mass is 32.2. The summed E-state index contributed by atoms with van der Waals surface area (Å²) >= 11 is 0. The molecule has 41 heavy (non-hydrogen) atoms. The molecule has 0 spiro atoms. The lowest BCUT2D eigenvalue weighted by molar-refractivity contribution is 0.0827. The summed E-state index contributed by atoms with van der Waals surface area (Å²) in [5.41, 5.74) is 8.85. The Balaban J connectivity index is 1.20. The molecule has 1 unspecified atom stereocenters. The van der Waals surface area contributed by atoms with E-state index in [-0.39, 0.29) is 34.0 Å². The molecule has 10 nitrogen and oxygen atoms in total. The highest BCUT2D eigenvalue weighted by Crippen LogP contribution is 2.32. The first-order chi connectivity index (χ1) is 19.9. The van der Waals surface area contributed by atoms with E-state index in [0.717, 1.165) is 25.0 Å². The van der Waals surface area contributed by atoms with Gasteiger partial charge in [-0.2, -0.15) is 0 Å². The second-order valence-electron chi connectivity index (χ2n) is 10.1. The maximum atomic E-state index is 15.0. The average molecular weight is 580 g/mol. The van der Waals surface area contributed by atoms with Crippen LogP contribution in [0.5, 0.6) is 0 Å². The van der Waals surface area contributed by atoms with E-state index in [9.17, 15) is 8.42 Å². The molecule has 2 saturated heterocycles. The highest BCUT2D eigenvalue weighted by molar-refractivity contribution is 7.92. The molecule has 0 aliphatic carbocycles. The maximum absolute atomic E-state index is 15.0. The highest BCUT2D eigenvalue weighted by Gasteiger charge is 2.29. The van der Waals surface area contributed by atoms with Gasteiger partial charge < -0.3 is 19.7 Å². The van der Waals surface area contributed by atoms with Gasteiger partial charge in [-0.1, -0.05) is 23.4 Å². The molecule has 2 aromatic carbocycles. The number of hydrogen-bond donors (Lipinski definition) is 2. The number of nitrogen functional groups attached to an aromatic ring is 1. The van der Waals surface area contributed by atoms with Gasteiger partial charge in [0.15, 0.2) is 27.1 Å². The van der Waals surface area contributed by atoms with Crippen molar-refractivity contribution < 1.29 is 26.8 Å². The van der Waals surface area contributed by atoms with Crippen LogP contribution in [0.25, 0.3) is 34.0 Å². The zero-order valence-electron chi connectivity index (χ0n) is 22.3. The van der Waals surface area contributed by atoms with Crippen molar-refractivity contribution in [3.05, 3.63) is 66.1 Å². The van der Waals surface area contributed by atoms with Crippen LogP contribution in [0.1, 0.15) is 31.2 Å². The van der Waals surface area contributed by atoms with Crippen LogP contribution in [-0.2, 0) is 25.9 Å². The number of rotatable bonds is 8. The number of halogens is 1. The van der Waals surface area contributed by atoms with Gasteiger partial charge in [0, 0.05) is 43.6 Å². The Labute approximate surface area is 237 Å². The maximum Gasteiger partial charge on any atom is 0.189 e. The normalized spacial score (nSPS) is 18.1. The molecule has 4 aromatic rings. The number of benzene rings is 2. The standard InChI is InChI=1S/C29H30FN5O5S/c30-23-14-18(16-32-27-2-1-11-39-27)3-8-22(23)24-15-26(40-35-24)28-29(31)33-17-25(34-28)19-4-6-20(7-5-19)41(36,37)21-9-12-38-13-10-21/h3-8,14-15,17,21,27,32H,1-2,9-13,16H2,(H2,31,33). The Morgan fingerprint density at radius 1 is 1.00 bits per heavy atom. The van der Waals surface area contributed by atoms with Crippen molar-refractivity contribution in [3.63, 3.8) is 0 Å². The minimum absolute atomic E-state index is 0.00114. The molecule has 1 atom stereocenters. The second-order valence-corrected chi connectivity index (χ2v) is 12.4. The van der Waals surface area contributed by atoms with Crippen molar-refractivity contribution in [3.8, 4) is 34.0 Å². The van der Waals surface area contributed by atoms with Crippen molar-refractivity contribution in [1.82, 2.24) is 20.4 Å². The molecule has 2 aromatic heterocycles. The summed E-state index contributed by atoms with van der Waals surface area (Å²) in [4.78, 5) is 9.10. The zero-order valence-corrected chi connectivity index (χ0v) is 23.1. The van der Waals surface area contributed by atoms with Gasteiger partial charge in [-0.15, -0.1) is 0 Å². The van der Waals surface area contributed by atoms with E-state index in [1.807, 2.05) is 6.07 Å². The zero-order chi connectivity index (χ0) is 28.4. The lowest BCUT2D eigenvalue weighted by Crippen LogP contribution is -2.28. The van der Waals surface area contributed by atoms with Crippen molar-refractivity contribution in [2.24, 2.45) is 0 Å². The fourth-order valence-electron chi connectivity index (χ4n) is 5.07. The number of hydrogen-bond acceptors (Lipinski definition) is 10. The monoisotopic (exact) mass is 579 g/mol. The number of anilines is 1. The van der Waals surface area contributed by atoms with Crippen molar-refractivity contribution in [2.75, 3.05) is 25.6 Å². The minimum atomic E-state index is -3.46. The lowest BCUT2D eigenvalue weighted by atomic mass is 10.1. The van der Waals surface area contributed by atoms with Gasteiger partial charge in [0.1, 0.15) is 17.7 Å². The molecule has 6 rings (SSSR count). The van der Waals surface area contributed by atoms with Crippen LogP contribution in [-0.4, -0.2) is 54.8 Å². The molecule has 2 fully saturated rings. The predicted molar refractivity (Wildman–Crippen MR) is 150 cm³/mol. The lowest BCUT2D eigenvalue weighted by Gasteiger charge is -2.22. The Kier molecular flexibility index (Phi) is 7.80. The number of nitrogens with one attached hydrogen (secondary N) is 1. The fourth-order valence-corrected chi connectivity index (χ4v) is 6.79. The van der Waals surface area contributed by atoms with E-state index in [2.05, 4.69) is 20.4 Å². The van der Waals surface area contributed by atoms with Crippen molar-refractivity contribution in [2.45, 2.75) is 48.6 Å². The summed E-state index contributed by atoms with van der Waals surface area (Å²) in [7, 11) is -3.46. The van der Waals surface area contributed by atoms with Crippen LogP contribution in [0.4, 0.5) is 10.2 Å². The van der Waals surface area contributed by atoms with E-state index in [1.165, 1.54) is 12.3 Å². The van der Waals surface area contributed by atoms with Crippen LogP contribution in [0.2, 0.25) is 0 Å². The number of nitrogens with two attached hydrogens (primary N) is 1. The predicted octanol–water partition coefficient (Wildman–Crippen LogP) is 4.37. The molecule has 2 aliphatic heterocycles. The summed E-state index contributed by atoms with van der Waals surface area (Å²) in [5.74, 6) is -0.0830. The SMILES string of the molecule is Nc1ncc(-c2ccc(S(=O)(=O)C3CCOCC3)cc2)nc1-c1cc(-c2ccc(CNC3CCCO3)cc2F)no1. The first-order valence-corrected chi connectivity index (χ1v) is 15.1. The molecular weight excluding hydrogens is 549 g/mol. The molecule has 0 saturated carbocycles. The van der Waals surface area contributed by atoms with Crippen LogP contribution in [0.3, 0.4) is 0 Å². The molecular formula is C29H30FN5O5S. The topological polar surface area (TPSA) is 142 Å². The Bertz CT molecular complexity index is 1630. The smallest absolute Gasteiger partial charge is 0.189 e. The van der Waals surface area contributed by atoms with Crippen molar-refractivity contribution in [1.29, 1.82) is 0 Å². The number of ether oxygens (including phenoxy) is 2. The molecule has 4 heterocycles. The molecule has 12 heteroatoms. The number of aromatic nitrogens is 3. The first kappa shape index (κ1) is 27.5. The van der Waals surface area contributed by atoms with Crippen LogP contribution in [0.15, 0.2) is 64.1 Å². The van der Waals surface area contributed by atoms with Crippen LogP contribution in [0, 0.1) is 5.82 Å². The Hall–Kier alpha value is -3.71. The van der Waals surface area contributed by atoms with Gasteiger partial charge in [0.25, 0.3) is 0 Å². The van der Waals surface area contributed by atoms with Gasteiger partial charge in [0.2, 0.25) is 0 Å². The van der Waals surface area contributed by atoms with E-state index >= 15 is 4.39 Å². The molecule has 0 amide bonds. The Morgan fingerprint density at radius 3 is 2.54 bits per heavy atom. The number of sulfone groups is 1. The van der Waals surface area contributed by atoms with Crippen molar-refractivity contribution >= 4 is 15.7 Å². The Morgan fingerprint density at radius 2 is 1.80 bits per heavy atom. The summed E-state index contributed by atoms with van der Waals surface area (Å²) in [6.07, 6.45) is 4.43. The van der Waals surface area contributed by atoms with E-state index in [4.69, 9.17) is 19.7 Å². The fraction of sp³-hybridized carbons (Fsp3) is 0.345. The minimum Gasteiger partial charge on any atom is -0.382 e. The summed E-state index contributed by atoms with van der Waals surface area (Å²) in [6, 6.07) is 13.0. The molecule has 3 N–H and O–H groups in total.